The van der Waals surface area contributed by atoms with Gasteiger partial charge in [0.25, 0.3) is 0 Å². The van der Waals surface area contributed by atoms with Crippen molar-refractivity contribution in [2.24, 2.45) is 5.10 Å². The van der Waals surface area contributed by atoms with E-state index in [4.69, 9.17) is 4.74 Å². The maximum absolute atomic E-state index is 11.4. The summed E-state index contributed by atoms with van der Waals surface area (Å²) >= 11 is 1.51. The number of benzene rings is 1. The molecule has 1 heterocycles. The Morgan fingerprint density at radius 2 is 2.35 bits per heavy atom. The molecule has 20 heavy (non-hydrogen) atoms. The quantitative estimate of drug-likeness (QED) is 0.384. The van der Waals surface area contributed by atoms with E-state index in [0.29, 0.717) is 10.8 Å². The van der Waals surface area contributed by atoms with Crippen LogP contribution in [0.25, 0.3) is 10.2 Å². The van der Waals surface area contributed by atoms with Crippen LogP contribution in [0.3, 0.4) is 0 Å². The van der Waals surface area contributed by atoms with Crippen molar-refractivity contribution in [2.75, 3.05) is 12.0 Å². The van der Waals surface area contributed by atoms with Gasteiger partial charge in [0.05, 0.1) is 16.6 Å². The molecule has 0 amide bonds. The number of carbonyl (C=O) groups excluding carboxylic acids is 1. The Labute approximate surface area is 121 Å². The van der Waals surface area contributed by atoms with Crippen LogP contribution in [0.5, 0.6) is 0 Å². The largest absolute Gasteiger partial charge is 0.461 e. The first-order valence-electron chi connectivity index (χ1n) is 6.10. The molecule has 0 aliphatic rings. The van der Waals surface area contributed by atoms with Crippen molar-refractivity contribution >= 4 is 38.4 Å². The van der Waals surface area contributed by atoms with E-state index in [-0.39, 0.29) is 19.0 Å². The number of hydrogen-bond donors (Lipinski definition) is 1. The van der Waals surface area contributed by atoms with E-state index in [0.717, 1.165) is 10.2 Å². The lowest BCUT2D eigenvalue weighted by Gasteiger charge is -2.01. The summed E-state index contributed by atoms with van der Waals surface area (Å²) in [5, 5.41) is 4.82. The SMILES string of the molecule is C=CCOC(=O)C/C(C)=N/Nc1nc2ccccc2s1. The third kappa shape index (κ3) is 3.89. The van der Waals surface area contributed by atoms with Gasteiger partial charge in [0, 0.05) is 5.71 Å². The Morgan fingerprint density at radius 1 is 1.55 bits per heavy atom. The van der Waals surface area contributed by atoms with Crippen molar-refractivity contribution in [3.05, 3.63) is 36.9 Å². The molecule has 0 saturated carbocycles. The second-order valence-corrected chi connectivity index (χ2v) is 5.12. The molecule has 5 nitrogen and oxygen atoms in total. The summed E-state index contributed by atoms with van der Waals surface area (Å²) in [6.07, 6.45) is 1.68. The highest BCUT2D eigenvalue weighted by atomic mass is 32.1. The molecule has 0 aliphatic carbocycles. The molecule has 6 heteroatoms. The standard InChI is InChI=1S/C14H15N3O2S/c1-3-8-19-13(18)9-10(2)16-17-14-15-11-6-4-5-7-12(11)20-14/h3-7H,1,8-9H2,2H3,(H,15,17)/b16-10+. The van der Waals surface area contributed by atoms with Crippen LogP contribution in [0.4, 0.5) is 5.13 Å². The Bertz CT molecular complexity index is 616. The second kappa shape index (κ2) is 6.81. The molecule has 2 aromatic rings. The number of rotatable bonds is 6. The van der Waals surface area contributed by atoms with Crippen LogP contribution in [-0.2, 0) is 9.53 Å². The first-order valence-corrected chi connectivity index (χ1v) is 6.92. The minimum absolute atomic E-state index is 0.145. The van der Waals surface area contributed by atoms with E-state index in [2.05, 4.69) is 22.1 Å². The smallest absolute Gasteiger partial charge is 0.311 e. The number of fused-ring (bicyclic) bond motifs is 1. The predicted octanol–water partition coefficient (Wildman–Crippen LogP) is 3.20. The van der Waals surface area contributed by atoms with E-state index in [9.17, 15) is 4.79 Å². The summed E-state index contributed by atoms with van der Waals surface area (Å²) in [5.41, 5.74) is 4.43. The summed E-state index contributed by atoms with van der Waals surface area (Å²) in [6.45, 7) is 5.46. The number of esters is 1. The number of hydrazone groups is 1. The van der Waals surface area contributed by atoms with Gasteiger partial charge in [-0.3, -0.25) is 10.2 Å². The highest BCUT2D eigenvalue weighted by molar-refractivity contribution is 7.22. The summed E-state index contributed by atoms with van der Waals surface area (Å²) in [5.74, 6) is -0.322. The highest BCUT2D eigenvalue weighted by Crippen LogP contribution is 2.25. The van der Waals surface area contributed by atoms with Crippen LogP contribution in [0.2, 0.25) is 0 Å². The fourth-order valence-electron chi connectivity index (χ4n) is 1.51. The predicted molar refractivity (Wildman–Crippen MR) is 82.1 cm³/mol. The van der Waals surface area contributed by atoms with Gasteiger partial charge in [0.2, 0.25) is 5.13 Å². The molecule has 0 aliphatic heterocycles. The monoisotopic (exact) mass is 289 g/mol. The lowest BCUT2D eigenvalue weighted by Crippen LogP contribution is -2.10. The van der Waals surface area contributed by atoms with Gasteiger partial charge in [0.15, 0.2) is 0 Å². The molecule has 104 valence electrons. The number of para-hydroxylation sites is 1. The molecule has 2 rings (SSSR count). The number of nitrogens with zero attached hydrogens (tertiary/aromatic N) is 2. The van der Waals surface area contributed by atoms with Gasteiger partial charge in [-0.05, 0) is 19.1 Å². The van der Waals surface area contributed by atoms with Gasteiger partial charge < -0.3 is 4.74 Å². The van der Waals surface area contributed by atoms with Crippen LogP contribution in [0.15, 0.2) is 42.0 Å². The number of carbonyl (C=O) groups is 1. The van der Waals surface area contributed by atoms with Crippen LogP contribution >= 0.6 is 11.3 Å². The molecule has 0 atom stereocenters. The lowest BCUT2D eigenvalue weighted by atomic mass is 10.3. The number of thiazole rings is 1. The lowest BCUT2D eigenvalue weighted by molar-refractivity contribution is -0.140. The molecule has 0 bridgehead atoms. The fourth-order valence-corrected chi connectivity index (χ4v) is 2.32. The van der Waals surface area contributed by atoms with E-state index >= 15 is 0 Å². The zero-order chi connectivity index (χ0) is 14.4. The molecule has 1 N–H and O–H groups in total. The summed E-state index contributed by atoms with van der Waals surface area (Å²) < 4.78 is 5.97. The summed E-state index contributed by atoms with van der Waals surface area (Å²) in [4.78, 5) is 15.8. The number of anilines is 1. The van der Waals surface area contributed by atoms with E-state index in [1.54, 1.807) is 6.92 Å². The van der Waals surface area contributed by atoms with E-state index in [1.807, 2.05) is 24.3 Å². The van der Waals surface area contributed by atoms with Crippen molar-refractivity contribution < 1.29 is 9.53 Å². The maximum Gasteiger partial charge on any atom is 0.311 e. The molecule has 1 aromatic carbocycles. The zero-order valence-electron chi connectivity index (χ0n) is 11.1. The van der Waals surface area contributed by atoms with Crippen molar-refractivity contribution in [2.45, 2.75) is 13.3 Å². The van der Waals surface area contributed by atoms with Gasteiger partial charge in [-0.1, -0.05) is 36.1 Å². The molecule has 0 unspecified atom stereocenters. The highest BCUT2D eigenvalue weighted by Gasteiger charge is 2.05. The van der Waals surface area contributed by atoms with Gasteiger partial charge >= 0.3 is 5.97 Å². The second-order valence-electron chi connectivity index (χ2n) is 4.09. The van der Waals surface area contributed by atoms with Crippen LogP contribution in [0, 0.1) is 0 Å². The third-order valence-corrected chi connectivity index (χ3v) is 3.34. The summed E-state index contributed by atoms with van der Waals surface area (Å²) in [6, 6.07) is 7.85. The number of aromatic nitrogens is 1. The number of hydrogen-bond acceptors (Lipinski definition) is 6. The Kier molecular flexibility index (Phi) is 4.84. The normalized spacial score (nSPS) is 11.3. The molecule has 0 fully saturated rings. The van der Waals surface area contributed by atoms with Crippen molar-refractivity contribution in [3.8, 4) is 0 Å². The molecule has 0 spiro atoms. The maximum atomic E-state index is 11.4. The average molecular weight is 289 g/mol. The van der Waals surface area contributed by atoms with Gasteiger partial charge in [-0.15, -0.1) is 0 Å². The van der Waals surface area contributed by atoms with Crippen molar-refractivity contribution in [1.29, 1.82) is 0 Å². The number of ether oxygens (including phenoxy) is 1. The minimum Gasteiger partial charge on any atom is -0.461 e. The molecule has 1 aromatic heterocycles. The average Bonchev–Trinajstić information content (AvgIpc) is 2.85. The zero-order valence-corrected chi connectivity index (χ0v) is 11.9. The fraction of sp³-hybridized carbons (Fsp3) is 0.214. The summed E-state index contributed by atoms with van der Waals surface area (Å²) in [7, 11) is 0. The Hall–Kier alpha value is -2.21. The molecular formula is C14H15N3O2S. The first-order chi connectivity index (χ1) is 9.69. The first kappa shape index (κ1) is 14.2. The minimum atomic E-state index is -0.322. The topological polar surface area (TPSA) is 63.6 Å². The third-order valence-electron chi connectivity index (χ3n) is 2.40. The van der Waals surface area contributed by atoms with E-state index < -0.39 is 0 Å². The number of nitrogens with one attached hydrogen (secondary N) is 1. The van der Waals surface area contributed by atoms with Crippen molar-refractivity contribution in [1.82, 2.24) is 4.98 Å². The molecule has 0 radical (unpaired) electrons. The van der Waals surface area contributed by atoms with Gasteiger partial charge in [-0.2, -0.15) is 5.10 Å². The Balaban J connectivity index is 1.94. The van der Waals surface area contributed by atoms with Crippen molar-refractivity contribution in [3.63, 3.8) is 0 Å². The van der Waals surface area contributed by atoms with Crippen LogP contribution in [0.1, 0.15) is 13.3 Å². The van der Waals surface area contributed by atoms with E-state index in [1.165, 1.54) is 17.4 Å². The van der Waals surface area contributed by atoms with Crippen LogP contribution < -0.4 is 5.43 Å². The van der Waals surface area contributed by atoms with Crippen LogP contribution in [-0.4, -0.2) is 23.3 Å². The van der Waals surface area contributed by atoms with Gasteiger partial charge in [-0.25, -0.2) is 4.98 Å². The Morgan fingerprint density at radius 3 is 3.10 bits per heavy atom. The molecular weight excluding hydrogens is 274 g/mol. The van der Waals surface area contributed by atoms with Gasteiger partial charge in [0.1, 0.15) is 6.61 Å². The molecule has 0 saturated heterocycles.